The maximum Gasteiger partial charge on any atom is 0.306 e. The first-order valence-corrected chi connectivity index (χ1v) is 33.7. The van der Waals surface area contributed by atoms with Gasteiger partial charge < -0.3 is 45.1 Å². The third kappa shape index (κ3) is 45.2. The lowest BCUT2D eigenvalue weighted by molar-refractivity contribution is -0.305. The predicted octanol–water partition coefficient (Wildman–Crippen LogP) is 16.7. The maximum absolute atomic E-state index is 13.5. The lowest BCUT2D eigenvalue weighted by Crippen LogP contribution is -2.61. The van der Waals surface area contributed by atoms with Crippen LogP contribution in [0.25, 0.3) is 0 Å². The average molecular weight is 1140 g/mol. The Bertz CT molecular complexity index is 1590. The van der Waals surface area contributed by atoms with E-state index in [0.29, 0.717) is 12.8 Å². The van der Waals surface area contributed by atoms with Gasteiger partial charge >= 0.3 is 5.97 Å². The van der Waals surface area contributed by atoms with E-state index in [1.165, 1.54) is 154 Å². The van der Waals surface area contributed by atoms with Crippen LogP contribution in [0.4, 0.5) is 0 Å². The number of carbonyl (C=O) groups excluding carboxylic acids is 2. The first-order valence-electron chi connectivity index (χ1n) is 33.7. The molecule has 1 saturated heterocycles. The second-order valence-electron chi connectivity index (χ2n) is 23.2. The molecule has 0 aromatic carbocycles. The quantitative estimate of drug-likeness (QED) is 0.0195. The van der Waals surface area contributed by atoms with Gasteiger partial charge in [0, 0.05) is 6.42 Å². The summed E-state index contributed by atoms with van der Waals surface area (Å²) in [5, 5.41) is 57.1. The van der Waals surface area contributed by atoms with Crippen molar-refractivity contribution in [3.05, 3.63) is 72.9 Å². The molecule has 470 valence electrons. The van der Waals surface area contributed by atoms with Crippen molar-refractivity contribution >= 4 is 11.9 Å². The molecule has 0 spiro atoms. The van der Waals surface area contributed by atoms with Crippen molar-refractivity contribution in [2.75, 3.05) is 13.2 Å². The molecule has 0 radical (unpaired) electrons. The molecule has 0 aromatic heterocycles. The molecule has 8 atom stereocenters. The summed E-state index contributed by atoms with van der Waals surface area (Å²) < 4.78 is 17.6. The zero-order valence-electron chi connectivity index (χ0n) is 52.1. The average Bonchev–Trinajstić information content (AvgIpc) is 3.46. The number of hydrogen-bond acceptors (Lipinski definition) is 10. The highest BCUT2D eigenvalue weighted by molar-refractivity contribution is 5.80. The molecule has 0 bridgehead atoms. The number of unbranched alkanes of at least 4 members (excludes halogenated alkanes) is 33. The summed E-state index contributed by atoms with van der Waals surface area (Å²) in [6.07, 6.45) is 63.6. The fourth-order valence-corrected chi connectivity index (χ4v) is 10.2. The Kier molecular flexibility index (Phi) is 54.1. The van der Waals surface area contributed by atoms with E-state index in [1.54, 1.807) is 6.08 Å². The molecular formula is C70H125NO10. The molecule has 1 fully saturated rings. The van der Waals surface area contributed by atoms with E-state index in [1.807, 2.05) is 6.08 Å². The molecule has 0 saturated carbocycles. The highest BCUT2D eigenvalue weighted by Gasteiger charge is 2.47. The number of allylic oxidation sites excluding steroid dienone is 11. The lowest BCUT2D eigenvalue weighted by atomic mass is 9.99. The molecule has 81 heavy (non-hydrogen) atoms. The third-order valence-corrected chi connectivity index (χ3v) is 15.6. The van der Waals surface area contributed by atoms with Gasteiger partial charge in [-0.15, -0.1) is 0 Å². The summed E-state index contributed by atoms with van der Waals surface area (Å²) in [4.78, 5) is 26.6. The second-order valence-corrected chi connectivity index (χ2v) is 23.2. The zero-order chi connectivity index (χ0) is 58.9. The topological polar surface area (TPSA) is 175 Å². The van der Waals surface area contributed by atoms with Crippen LogP contribution in [-0.2, 0) is 23.8 Å². The molecule has 1 amide bonds. The maximum atomic E-state index is 13.5. The van der Waals surface area contributed by atoms with Crippen LogP contribution in [0.5, 0.6) is 0 Å². The first-order chi connectivity index (χ1) is 39.7. The Morgan fingerprint density at radius 2 is 0.852 bits per heavy atom. The normalized spacial score (nSPS) is 19.1. The van der Waals surface area contributed by atoms with Crippen LogP contribution < -0.4 is 5.32 Å². The molecule has 11 nitrogen and oxygen atoms in total. The Morgan fingerprint density at radius 1 is 0.481 bits per heavy atom. The van der Waals surface area contributed by atoms with Crippen LogP contribution in [0.3, 0.4) is 0 Å². The number of aliphatic hydroxyl groups is 5. The molecular weight excluding hydrogens is 1010 g/mol. The van der Waals surface area contributed by atoms with Gasteiger partial charge in [0.25, 0.3) is 0 Å². The van der Waals surface area contributed by atoms with E-state index < -0.39 is 67.4 Å². The number of rotatable bonds is 57. The van der Waals surface area contributed by atoms with Crippen molar-refractivity contribution in [2.45, 2.75) is 346 Å². The number of amides is 1. The molecule has 1 rings (SSSR count). The Morgan fingerprint density at radius 3 is 1.32 bits per heavy atom. The van der Waals surface area contributed by atoms with Gasteiger partial charge in [-0.05, 0) is 96.3 Å². The smallest absolute Gasteiger partial charge is 0.306 e. The van der Waals surface area contributed by atoms with Gasteiger partial charge in [-0.25, -0.2) is 0 Å². The number of esters is 1. The van der Waals surface area contributed by atoms with Crippen LogP contribution in [0, 0.1) is 0 Å². The SMILES string of the molecule is CCCCC/C=C\C/C=C\C/C=C\C/C=C\CCCCCCCCCCC(O)C(=O)NC(COC1OC(CO)C(O)C(O)C1OC(=O)CCCCCCCCC/C=C\CCCCCC)C(O)/C=C/CCCCCCCCCCCCC. The van der Waals surface area contributed by atoms with Gasteiger partial charge in [0.05, 0.1) is 25.4 Å². The summed E-state index contributed by atoms with van der Waals surface area (Å²) in [5.41, 5.74) is 0. The summed E-state index contributed by atoms with van der Waals surface area (Å²) in [6.45, 7) is 5.76. The van der Waals surface area contributed by atoms with Crippen LogP contribution in [-0.4, -0.2) is 99.6 Å². The fourth-order valence-electron chi connectivity index (χ4n) is 10.2. The van der Waals surface area contributed by atoms with Crippen molar-refractivity contribution in [1.29, 1.82) is 0 Å². The second kappa shape index (κ2) is 57.5. The van der Waals surface area contributed by atoms with Gasteiger partial charge in [0.1, 0.15) is 24.4 Å². The fraction of sp³-hybridized carbons (Fsp3) is 0.800. The van der Waals surface area contributed by atoms with Gasteiger partial charge in [-0.3, -0.25) is 9.59 Å². The van der Waals surface area contributed by atoms with Crippen LogP contribution in [0.15, 0.2) is 72.9 Å². The van der Waals surface area contributed by atoms with E-state index in [-0.39, 0.29) is 19.4 Å². The van der Waals surface area contributed by atoms with E-state index in [0.717, 1.165) is 96.3 Å². The molecule has 11 heteroatoms. The first kappa shape index (κ1) is 76.1. The number of aliphatic hydroxyl groups excluding tert-OH is 5. The van der Waals surface area contributed by atoms with Crippen molar-refractivity contribution in [3.63, 3.8) is 0 Å². The summed E-state index contributed by atoms with van der Waals surface area (Å²) in [7, 11) is 0. The van der Waals surface area contributed by atoms with Crippen molar-refractivity contribution in [3.8, 4) is 0 Å². The Labute approximate surface area is 496 Å². The van der Waals surface area contributed by atoms with Gasteiger partial charge in [-0.2, -0.15) is 0 Å². The Balaban J connectivity index is 2.63. The van der Waals surface area contributed by atoms with E-state index >= 15 is 0 Å². The van der Waals surface area contributed by atoms with Crippen LogP contribution in [0.2, 0.25) is 0 Å². The molecule has 1 aliphatic rings. The van der Waals surface area contributed by atoms with E-state index in [9.17, 15) is 35.1 Å². The molecule has 1 heterocycles. The molecule has 0 aromatic rings. The third-order valence-electron chi connectivity index (χ3n) is 15.6. The number of hydrogen-bond donors (Lipinski definition) is 6. The standard InChI is InChI=1S/C70H125NO10/c1-4-7-10-13-16-19-22-25-27-28-29-30-31-32-33-34-35-37-39-42-45-48-51-54-57-63(74)69(78)71-61(62(73)56-53-50-47-44-41-38-24-21-18-15-12-9-6-3)60-79-70-68(67(77)66(76)64(59-72)80-70)81-65(75)58-55-52-49-46-43-40-36-26-23-20-17-14-11-8-5-2/h16,19-20,23,25,27,29-30,32-33,53,56,61-64,66-68,70,72-74,76-77H,4-15,17-18,21-22,24,26,28,31,34-52,54-55,57-60H2,1-3H3,(H,71,78)/b19-16-,23-20-,27-25-,30-29-,33-32-,56-53+. The summed E-state index contributed by atoms with van der Waals surface area (Å²) in [6, 6.07) is -1.03. The number of ether oxygens (including phenoxy) is 3. The monoisotopic (exact) mass is 1140 g/mol. The minimum absolute atomic E-state index is 0.117. The lowest BCUT2D eigenvalue weighted by Gasteiger charge is -2.41. The number of carbonyl (C=O) groups is 2. The van der Waals surface area contributed by atoms with Crippen molar-refractivity contribution < 1.29 is 49.3 Å². The largest absolute Gasteiger partial charge is 0.454 e. The Hall–Kier alpha value is -2.90. The molecule has 0 aliphatic carbocycles. The summed E-state index contributed by atoms with van der Waals surface area (Å²) in [5.74, 6) is -1.20. The minimum atomic E-state index is -1.62. The number of nitrogens with one attached hydrogen (secondary N) is 1. The highest BCUT2D eigenvalue weighted by atomic mass is 16.7. The minimum Gasteiger partial charge on any atom is -0.454 e. The zero-order valence-corrected chi connectivity index (χ0v) is 52.1. The predicted molar refractivity (Wildman–Crippen MR) is 338 cm³/mol. The van der Waals surface area contributed by atoms with Gasteiger partial charge in [-0.1, -0.05) is 267 Å². The van der Waals surface area contributed by atoms with Crippen LogP contribution in [0.1, 0.15) is 297 Å². The molecule has 8 unspecified atom stereocenters. The molecule has 6 N–H and O–H groups in total. The highest BCUT2D eigenvalue weighted by Crippen LogP contribution is 2.26. The summed E-state index contributed by atoms with van der Waals surface area (Å²) >= 11 is 0. The van der Waals surface area contributed by atoms with Crippen LogP contribution >= 0.6 is 0 Å². The van der Waals surface area contributed by atoms with Crippen molar-refractivity contribution in [2.24, 2.45) is 0 Å². The van der Waals surface area contributed by atoms with Gasteiger partial charge in [0.15, 0.2) is 12.4 Å². The van der Waals surface area contributed by atoms with Gasteiger partial charge in [0.2, 0.25) is 5.91 Å². The van der Waals surface area contributed by atoms with Crippen molar-refractivity contribution in [1.82, 2.24) is 5.32 Å². The van der Waals surface area contributed by atoms with E-state index in [2.05, 4.69) is 86.8 Å². The molecule has 1 aliphatic heterocycles. The van der Waals surface area contributed by atoms with E-state index in [4.69, 9.17) is 14.2 Å².